The second kappa shape index (κ2) is 6.58. The lowest BCUT2D eigenvalue weighted by Crippen LogP contribution is -2.20. The quantitative estimate of drug-likeness (QED) is 0.799. The van der Waals surface area contributed by atoms with Gasteiger partial charge in [0, 0.05) is 30.1 Å². The summed E-state index contributed by atoms with van der Waals surface area (Å²) in [6.07, 6.45) is 3.95. The Balaban J connectivity index is 2.73. The van der Waals surface area contributed by atoms with Gasteiger partial charge in [0.1, 0.15) is 5.82 Å². The average molecular weight is 240 g/mol. The molecule has 0 aliphatic rings. The third-order valence-corrected chi connectivity index (χ3v) is 2.94. The zero-order valence-electron chi connectivity index (χ0n) is 10.4. The number of hydrogen-bond acceptors (Lipinski definition) is 5. The van der Waals surface area contributed by atoms with Gasteiger partial charge in [0.05, 0.1) is 0 Å². The van der Waals surface area contributed by atoms with Crippen molar-refractivity contribution in [3.05, 3.63) is 11.8 Å². The highest BCUT2D eigenvalue weighted by molar-refractivity contribution is 7.98. The van der Waals surface area contributed by atoms with Crippen molar-refractivity contribution in [2.24, 2.45) is 0 Å². The van der Waals surface area contributed by atoms with Gasteiger partial charge in [0.15, 0.2) is 0 Å². The lowest BCUT2D eigenvalue weighted by Gasteiger charge is -2.15. The van der Waals surface area contributed by atoms with Crippen molar-refractivity contribution in [1.82, 2.24) is 9.97 Å². The molecule has 0 aromatic carbocycles. The fraction of sp³-hybridized carbons (Fsp3) is 0.636. The van der Waals surface area contributed by atoms with Crippen LogP contribution in [0.3, 0.4) is 0 Å². The van der Waals surface area contributed by atoms with Crippen LogP contribution >= 0.6 is 11.8 Å². The summed E-state index contributed by atoms with van der Waals surface area (Å²) in [6.45, 7) is 7.05. The first kappa shape index (κ1) is 13.1. The minimum atomic E-state index is 0.415. The van der Waals surface area contributed by atoms with Crippen molar-refractivity contribution in [1.29, 1.82) is 0 Å². The van der Waals surface area contributed by atoms with E-state index >= 15 is 0 Å². The molecule has 0 aliphatic heterocycles. The van der Waals surface area contributed by atoms with Gasteiger partial charge >= 0.3 is 0 Å². The van der Waals surface area contributed by atoms with E-state index in [-0.39, 0.29) is 0 Å². The Kier molecular flexibility index (Phi) is 5.38. The topological polar surface area (TPSA) is 49.8 Å². The number of anilines is 2. The largest absolute Gasteiger partial charge is 0.366 e. The number of thioether (sulfide) groups is 1. The predicted molar refractivity (Wildman–Crippen MR) is 72.4 cm³/mol. The van der Waals surface area contributed by atoms with Gasteiger partial charge < -0.3 is 10.6 Å². The normalized spacial score (nSPS) is 12.2. The molecule has 1 heterocycles. The summed E-state index contributed by atoms with van der Waals surface area (Å²) in [6, 6.07) is 0.415. The molecule has 5 heteroatoms. The number of aryl methyl sites for hydroxylation is 1. The lowest BCUT2D eigenvalue weighted by molar-refractivity contribution is 0.894. The molecule has 2 N–H and O–H groups in total. The van der Waals surface area contributed by atoms with Gasteiger partial charge in [-0.05, 0) is 27.0 Å². The molecule has 0 amide bonds. The van der Waals surface area contributed by atoms with E-state index in [1.54, 1.807) is 0 Å². The summed E-state index contributed by atoms with van der Waals surface area (Å²) in [4.78, 5) is 8.66. The molecule has 1 atom stereocenters. The standard InChI is InChI=1S/C11H20N4S/c1-5-12-11-13-6-8(2)10(15-11)14-9(3)7-16-4/h6,9H,5,7H2,1-4H3,(H2,12,13,14,15). The maximum absolute atomic E-state index is 4.44. The highest BCUT2D eigenvalue weighted by atomic mass is 32.2. The van der Waals surface area contributed by atoms with Gasteiger partial charge in [-0.2, -0.15) is 16.7 Å². The van der Waals surface area contributed by atoms with Crippen molar-refractivity contribution in [2.45, 2.75) is 26.8 Å². The van der Waals surface area contributed by atoms with Gasteiger partial charge in [0.25, 0.3) is 0 Å². The number of nitrogens with one attached hydrogen (secondary N) is 2. The van der Waals surface area contributed by atoms with E-state index in [1.807, 2.05) is 31.8 Å². The monoisotopic (exact) mass is 240 g/mol. The second-order valence-corrected chi connectivity index (χ2v) is 4.67. The van der Waals surface area contributed by atoms with Gasteiger partial charge in [-0.1, -0.05) is 0 Å². The average Bonchev–Trinajstić information content (AvgIpc) is 2.24. The zero-order chi connectivity index (χ0) is 12.0. The van der Waals surface area contributed by atoms with E-state index < -0.39 is 0 Å². The minimum Gasteiger partial charge on any atom is -0.366 e. The van der Waals surface area contributed by atoms with Crippen LogP contribution in [0.1, 0.15) is 19.4 Å². The first-order valence-corrected chi connectivity index (χ1v) is 6.89. The summed E-state index contributed by atoms with van der Waals surface area (Å²) in [5.41, 5.74) is 1.08. The molecule has 0 fully saturated rings. The van der Waals surface area contributed by atoms with E-state index in [2.05, 4.69) is 33.8 Å². The number of rotatable bonds is 6. The fourth-order valence-electron chi connectivity index (χ4n) is 1.36. The summed E-state index contributed by atoms with van der Waals surface area (Å²) >= 11 is 1.83. The van der Waals surface area contributed by atoms with E-state index in [4.69, 9.17) is 0 Å². The Morgan fingerprint density at radius 3 is 2.88 bits per heavy atom. The van der Waals surface area contributed by atoms with Gasteiger partial charge in [-0.25, -0.2) is 4.98 Å². The molecule has 1 unspecified atom stereocenters. The molecule has 0 radical (unpaired) electrons. The third kappa shape index (κ3) is 3.89. The molecule has 1 aromatic heterocycles. The van der Waals surface area contributed by atoms with Crippen LogP contribution in [0.25, 0.3) is 0 Å². The molecule has 0 saturated carbocycles. The van der Waals surface area contributed by atoms with Crippen LogP contribution in [0.4, 0.5) is 11.8 Å². The third-order valence-electron chi connectivity index (χ3n) is 2.11. The Bertz CT molecular complexity index is 330. The summed E-state index contributed by atoms with van der Waals surface area (Å²) < 4.78 is 0. The maximum Gasteiger partial charge on any atom is 0.224 e. The lowest BCUT2D eigenvalue weighted by atomic mass is 10.3. The van der Waals surface area contributed by atoms with Crippen LogP contribution in [0.5, 0.6) is 0 Å². The molecular formula is C11H20N4S. The first-order valence-electron chi connectivity index (χ1n) is 5.50. The molecular weight excluding hydrogens is 220 g/mol. The van der Waals surface area contributed by atoms with Crippen molar-refractivity contribution >= 4 is 23.5 Å². The Morgan fingerprint density at radius 2 is 2.25 bits per heavy atom. The molecule has 4 nitrogen and oxygen atoms in total. The van der Waals surface area contributed by atoms with Crippen LogP contribution in [-0.2, 0) is 0 Å². The molecule has 90 valence electrons. The Morgan fingerprint density at radius 1 is 1.50 bits per heavy atom. The van der Waals surface area contributed by atoms with Gasteiger partial charge in [-0.15, -0.1) is 0 Å². The Hall–Kier alpha value is -0.970. The van der Waals surface area contributed by atoms with E-state index in [1.165, 1.54) is 0 Å². The van der Waals surface area contributed by atoms with Crippen molar-refractivity contribution in [3.63, 3.8) is 0 Å². The molecule has 1 aromatic rings. The van der Waals surface area contributed by atoms with Crippen molar-refractivity contribution in [3.8, 4) is 0 Å². The van der Waals surface area contributed by atoms with Gasteiger partial charge in [-0.3, -0.25) is 0 Å². The molecule has 1 rings (SSSR count). The van der Waals surface area contributed by atoms with Crippen LogP contribution in [0.2, 0.25) is 0 Å². The highest BCUT2D eigenvalue weighted by Crippen LogP contribution is 2.14. The molecule has 0 spiro atoms. The van der Waals surface area contributed by atoms with E-state index in [0.29, 0.717) is 12.0 Å². The summed E-state index contributed by atoms with van der Waals surface area (Å²) in [7, 11) is 0. The van der Waals surface area contributed by atoms with Crippen molar-refractivity contribution in [2.75, 3.05) is 29.2 Å². The molecule has 16 heavy (non-hydrogen) atoms. The minimum absolute atomic E-state index is 0.415. The SMILES string of the molecule is CCNc1ncc(C)c(NC(C)CSC)n1. The fourth-order valence-corrected chi connectivity index (χ4v) is 1.94. The van der Waals surface area contributed by atoms with E-state index in [9.17, 15) is 0 Å². The van der Waals surface area contributed by atoms with E-state index in [0.717, 1.165) is 23.7 Å². The smallest absolute Gasteiger partial charge is 0.224 e. The van der Waals surface area contributed by atoms with Gasteiger partial charge in [0.2, 0.25) is 5.95 Å². The second-order valence-electron chi connectivity index (χ2n) is 3.76. The molecule has 0 aliphatic carbocycles. The summed E-state index contributed by atoms with van der Waals surface area (Å²) in [5.74, 6) is 2.68. The zero-order valence-corrected chi connectivity index (χ0v) is 11.2. The molecule has 0 bridgehead atoms. The van der Waals surface area contributed by atoms with Crippen LogP contribution in [0.15, 0.2) is 6.20 Å². The Labute approximate surface area is 102 Å². The van der Waals surface area contributed by atoms with Crippen LogP contribution < -0.4 is 10.6 Å². The first-order chi connectivity index (χ1) is 7.67. The number of nitrogens with zero attached hydrogens (tertiary/aromatic N) is 2. The summed E-state index contributed by atoms with van der Waals surface area (Å²) in [5, 5.41) is 6.51. The van der Waals surface area contributed by atoms with Crippen LogP contribution in [-0.4, -0.2) is 34.6 Å². The predicted octanol–water partition coefficient (Wildman–Crippen LogP) is 2.38. The van der Waals surface area contributed by atoms with Crippen molar-refractivity contribution < 1.29 is 0 Å². The van der Waals surface area contributed by atoms with Crippen LogP contribution in [0, 0.1) is 6.92 Å². The highest BCUT2D eigenvalue weighted by Gasteiger charge is 2.06. The number of aromatic nitrogens is 2. The molecule has 0 saturated heterocycles. The maximum atomic E-state index is 4.44. The number of hydrogen-bond donors (Lipinski definition) is 2.